The van der Waals surface area contributed by atoms with E-state index in [1.165, 1.54) is 5.56 Å². The number of nitrogens with one attached hydrogen (secondary N) is 1. The van der Waals surface area contributed by atoms with E-state index in [1.54, 1.807) is 11.2 Å². The molecule has 2 rings (SSSR count). The van der Waals surface area contributed by atoms with Crippen LogP contribution in [0.4, 0.5) is 11.4 Å². The Labute approximate surface area is 141 Å². The molecule has 5 heteroatoms. The zero-order valence-corrected chi connectivity index (χ0v) is 14.9. The highest BCUT2D eigenvalue weighted by Crippen LogP contribution is 2.21. The summed E-state index contributed by atoms with van der Waals surface area (Å²) in [5.74, 6) is 0.359. The molecule has 122 valence electrons. The molecule has 0 fully saturated rings. The number of hydrogen-bond donors (Lipinski definition) is 1. The molecule has 0 aliphatic carbocycles. The average molecular weight is 329 g/mol. The fourth-order valence-corrected chi connectivity index (χ4v) is 2.88. The van der Waals surface area contributed by atoms with Gasteiger partial charge >= 0.3 is 0 Å². The summed E-state index contributed by atoms with van der Waals surface area (Å²) < 4.78 is 11.6. The molecule has 0 bridgehead atoms. The van der Waals surface area contributed by atoms with Gasteiger partial charge in [0.05, 0.1) is 0 Å². The van der Waals surface area contributed by atoms with Gasteiger partial charge in [0.1, 0.15) is 6.26 Å². The van der Waals surface area contributed by atoms with Crippen molar-refractivity contribution >= 4 is 28.5 Å². The van der Waals surface area contributed by atoms with Crippen molar-refractivity contribution in [1.29, 1.82) is 5.41 Å². The van der Waals surface area contributed by atoms with Gasteiger partial charge in [0.2, 0.25) is 5.96 Å². The predicted octanol–water partition coefficient (Wildman–Crippen LogP) is 3.49. The Bertz CT molecular complexity index is 687. The van der Waals surface area contributed by atoms with E-state index in [0.29, 0.717) is 5.96 Å². The van der Waals surface area contributed by atoms with Crippen molar-refractivity contribution in [2.45, 2.75) is 18.2 Å². The Morgan fingerprint density at radius 3 is 2.17 bits per heavy atom. The molecule has 0 radical (unpaired) electrons. The third-order valence-electron chi connectivity index (χ3n) is 3.88. The van der Waals surface area contributed by atoms with Gasteiger partial charge in [-0.2, -0.15) is 0 Å². The molecule has 0 saturated heterocycles. The molecule has 0 saturated carbocycles. The molecule has 1 atom stereocenters. The minimum atomic E-state index is -1.03. The molecule has 2 aromatic rings. The molecule has 2 aromatic carbocycles. The van der Waals surface area contributed by atoms with Crippen molar-refractivity contribution in [2.75, 3.05) is 30.2 Å². The predicted molar refractivity (Wildman–Crippen MR) is 99.1 cm³/mol. The van der Waals surface area contributed by atoms with Crippen LogP contribution in [0.5, 0.6) is 0 Å². The van der Waals surface area contributed by atoms with Crippen LogP contribution in [0.25, 0.3) is 0 Å². The van der Waals surface area contributed by atoms with Crippen LogP contribution < -0.4 is 9.80 Å². The van der Waals surface area contributed by atoms with Crippen LogP contribution in [0.3, 0.4) is 0 Å². The maximum Gasteiger partial charge on any atom is 0.202 e. The molecule has 0 heterocycles. The minimum absolute atomic E-state index is 0.359. The second-order valence-electron chi connectivity index (χ2n) is 5.42. The maximum absolute atomic E-state index is 11.6. The number of anilines is 2. The van der Waals surface area contributed by atoms with E-state index in [4.69, 9.17) is 5.41 Å². The van der Waals surface area contributed by atoms with Crippen LogP contribution >= 0.6 is 0 Å². The Kier molecular flexibility index (Phi) is 5.69. The summed E-state index contributed by atoms with van der Waals surface area (Å²) in [6.07, 6.45) is 2.63. The SMILES string of the molecule is CCc1cccc(N(C)C(=N)N(C)c2cccc([S+](C)[O-])c2)c1. The third kappa shape index (κ3) is 4.06. The van der Waals surface area contributed by atoms with Crippen molar-refractivity contribution in [1.82, 2.24) is 0 Å². The van der Waals surface area contributed by atoms with Gasteiger partial charge in [-0.05, 0) is 47.4 Å². The van der Waals surface area contributed by atoms with Crippen molar-refractivity contribution in [2.24, 2.45) is 0 Å². The van der Waals surface area contributed by atoms with E-state index in [9.17, 15) is 4.55 Å². The monoisotopic (exact) mass is 329 g/mol. The first-order valence-corrected chi connectivity index (χ1v) is 9.08. The van der Waals surface area contributed by atoms with Crippen molar-refractivity contribution in [3.8, 4) is 0 Å². The summed E-state index contributed by atoms with van der Waals surface area (Å²) in [7, 11) is 3.73. The minimum Gasteiger partial charge on any atom is -0.612 e. The van der Waals surface area contributed by atoms with Crippen LogP contribution in [0.2, 0.25) is 0 Å². The standard InChI is InChI=1S/C18H23N3OS/c1-5-14-8-6-9-15(12-14)20(2)18(19)21(3)16-10-7-11-17(13-16)23(4)22/h6-13,19H,5H2,1-4H3. The largest absolute Gasteiger partial charge is 0.612 e. The highest BCUT2D eigenvalue weighted by molar-refractivity contribution is 7.90. The molecule has 0 spiro atoms. The first-order chi connectivity index (χ1) is 10.9. The third-order valence-corrected chi connectivity index (χ3v) is 4.80. The van der Waals surface area contributed by atoms with Gasteiger partial charge in [-0.1, -0.05) is 25.1 Å². The normalized spacial score (nSPS) is 11.9. The molecule has 4 nitrogen and oxygen atoms in total. The van der Waals surface area contributed by atoms with Gasteiger partial charge in [-0.25, -0.2) is 0 Å². The van der Waals surface area contributed by atoms with Gasteiger partial charge in [0.25, 0.3) is 0 Å². The Morgan fingerprint density at radius 2 is 1.61 bits per heavy atom. The lowest BCUT2D eigenvalue weighted by Crippen LogP contribution is -2.39. The summed E-state index contributed by atoms with van der Waals surface area (Å²) in [5, 5.41) is 8.46. The highest BCUT2D eigenvalue weighted by atomic mass is 32.2. The van der Waals surface area contributed by atoms with Crippen LogP contribution in [0.1, 0.15) is 12.5 Å². The van der Waals surface area contributed by atoms with Gasteiger partial charge < -0.3 is 14.4 Å². The van der Waals surface area contributed by atoms with E-state index >= 15 is 0 Å². The smallest absolute Gasteiger partial charge is 0.202 e. The van der Waals surface area contributed by atoms with Crippen LogP contribution in [-0.4, -0.2) is 30.9 Å². The Morgan fingerprint density at radius 1 is 1.04 bits per heavy atom. The quantitative estimate of drug-likeness (QED) is 0.531. The fraction of sp³-hybridized carbons (Fsp3) is 0.278. The summed E-state index contributed by atoms with van der Waals surface area (Å²) in [6.45, 7) is 2.12. The lowest BCUT2D eigenvalue weighted by atomic mass is 10.1. The van der Waals surface area contributed by atoms with E-state index in [1.807, 2.05) is 55.4 Å². The number of rotatable bonds is 4. The summed E-state index contributed by atoms with van der Waals surface area (Å²) in [4.78, 5) is 4.39. The molecule has 0 aliphatic rings. The zero-order chi connectivity index (χ0) is 17.0. The Hall–Kier alpha value is -1.98. The maximum atomic E-state index is 11.6. The van der Waals surface area contributed by atoms with E-state index in [-0.39, 0.29) is 0 Å². The number of nitrogens with zero attached hydrogens (tertiary/aromatic N) is 2. The van der Waals surface area contributed by atoms with Crippen LogP contribution in [-0.2, 0) is 17.6 Å². The average Bonchev–Trinajstić information content (AvgIpc) is 2.59. The molecular formula is C18H23N3OS. The number of guanidine groups is 1. The summed E-state index contributed by atoms with van der Waals surface area (Å²) in [6, 6.07) is 15.7. The Balaban J connectivity index is 2.23. The first-order valence-electron chi connectivity index (χ1n) is 7.52. The molecular weight excluding hydrogens is 306 g/mol. The van der Waals surface area contributed by atoms with E-state index in [0.717, 1.165) is 22.7 Å². The van der Waals surface area contributed by atoms with Gasteiger partial charge in [0.15, 0.2) is 4.90 Å². The lowest BCUT2D eigenvalue weighted by Gasteiger charge is -2.28. The molecule has 23 heavy (non-hydrogen) atoms. The number of hydrogen-bond acceptors (Lipinski definition) is 2. The molecule has 1 unspecified atom stereocenters. The summed E-state index contributed by atoms with van der Waals surface area (Å²) in [5.41, 5.74) is 3.07. The number of benzene rings is 2. The molecule has 0 aromatic heterocycles. The van der Waals surface area contributed by atoms with Gasteiger partial charge in [-0.3, -0.25) is 5.41 Å². The first kappa shape index (κ1) is 17.4. The molecule has 0 aliphatic heterocycles. The van der Waals surface area contributed by atoms with E-state index < -0.39 is 11.2 Å². The fourth-order valence-electron chi connectivity index (χ4n) is 2.33. The van der Waals surface area contributed by atoms with E-state index in [2.05, 4.69) is 19.1 Å². The van der Waals surface area contributed by atoms with Crippen LogP contribution in [0.15, 0.2) is 53.4 Å². The van der Waals surface area contributed by atoms with Crippen LogP contribution in [0, 0.1) is 5.41 Å². The lowest BCUT2D eigenvalue weighted by molar-refractivity contribution is 0.601. The topological polar surface area (TPSA) is 53.4 Å². The van der Waals surface area contributed by atoms with Gasteiger partial charge in [-0.15, -0.1) is 0 Å². The zero-order valence-electron chi connectivity index (χ0n) is 14.0. The highest BCUT2D eigenvalue weighted by Gasteiger charge is 2.15. The van der Waals surface area contributed by atoms with Crippen molar-refractivity contribution in [3.63, 3.8) is 0 Å². The van der Waals surface area contributed by atoms with Crippen molar-refractivity contribution < 1.29 is 4.55 Å². The summed E-state index contributed by atoms with van der Waals surface area (Å²) >= 11 is -1.03. The second kappa shape index (κ2) is 7.53. The second-order valence-corrected chi connectivity index (χ2v) is 6.80. The number of aryl methyl sites for hydroxylation is 1. The van der Waals surface area contributed by atoms with Crippen molar-refractivity contribution in [3.05, 3.63) is 54.1 Å². The van der Waals surface area contributed by atoms with Gasteiger partial charge in [0, 0.05) is 31.5 Å². The molecule has 1 N–H and O–H groups in total. The molecule has 0 amide bonds.